The smallest absolute Gasteiger partial charge is 0.231 e. The van der Waals surface area contributed by atoms with Crippen LogP contribution in [0.25, 0.3) is 0 Å². The van der Waals surface area contributed by atoms with Crippen LogP contribution in [-0.2, 0) is 0 Å². The topological polar surface area (TPSA) is 36.9 Å². The summed E-state index contributed by atoms with van der Waals surface area (Å²) in [7, 11) is 1.68. The molecule has 0 fully saturated rings. The van der Waals surface area contributed by atoms with Crippen LogP contribution in [0.15, 0.2) is 36.4 Å². The zero-order chi connectivity index (χ0) is 16.2. The lowest BCUT2D eigenvalue weighted by Crippen LogP contribution is -2.00. The van der Waals surface area contributed by atoms with Crippen LogP contribution in [0.4, 0.5) is 0 Å². The van der Waals surface area contributed by atoms with E-state index in [1.165, 1.54) is 5.56 Å². The Kier molecular flexibility index (Phi) is 4.60. The van der Waals surface area contributed by atoms with E-state index in [-0.39, 0.29) is 12.7 Å². The average molecular weight is 314 g/mol. The molecule has 0 aliphatic carbocycles. The molecule has 0 spiro atoms. The summed E-state index contributed by atoms with van der Waals surface area (Å²) >= 11 is 0. The van der Waals surface area contributed by atoms with Gasteiger partial charge in [0.05, 0.1) is 13.7 Å². The van der Waals surface area contributed by atoms with E-state index in [4.69, 9.17) is 18.9 Å². The first-order chi connectivity index (χ1) is 11.2. The summed E-state index contributed by atoms with van der Waals surface area (Å²) in [6, 6.07) is 12.1. The van der Waals surface area contributed by atoms with Crippen LogP contribution >= 0.6 is 0 Å². The number of methoxy groups -OCH3 is 1. The Morgan fingerprint density at radius 3 is 2.43 bits per heavy atom. The van der Waals surface area contributed by atoms with Crippen molar-refractivity contribution in [3.8, 4) is 23.0 Å². The van der Waals surface area contributed by atoms with Crippen LogP contribution in [0.3, 0.4) is 0 Å². The first-order valence-electron chi connectivity index (χ1n) is 7.93. The molecule has 0 saturated carbocycles. The van der Waals surface area contributed by atoms with Gasteiger partial charge in [0.15, 0.2) is 11.5 Å². The number of benzene rings is 2. The Bertz CT molecular complexity index is 664. The van der Waals surface area contributed by atoms with Crippen LogP contribution in [-0.4, -0.2) is 20.5 Å². The minimum atomic E-state index is 0.180. The number of hydrogen-bond acceptors (Lipinski definition) is 4. The van der Waals surface area contributed by atoms with Gasteiger partial charge in [-0.2, -0.15) is 0 Å². The number of rotatable bonds is 6. The molecule has 0 aromatic heterocycles. The monoisotopic (exact) mass is 314 g/mol. The largest absolute Gasteiger partial charge is 0.496 e. The van der Waals surface area contributed by atoms with Gasteiger partial charge >= 0.3 is 0 Å². The molecule has 2 aromatic rings. The number of fused-ring (bicyclic) bond motifs is 1. The Labute approximate surface area is 136 Å². The zero-order valence-corrected chi connectivity index (χ0v) is 13.8. The average Bonchev–Trinajstić information content (AvgIpc) is 3.06. The van der Waals surface area contributed by atoms with Gasteiger partial charge in [0.1, 0.15) is 11.5 Å². The van der Waals surface area contributed by atoms with Gasteiger partial charge in [0.25, 0.3) is 0 Å². The summed E-state index contributed by atoms with van der Waals surface area (Å²) in [5, 5.41) is 0. The van der Waals surface area contributed by atoms with Crippen molar-refractivity contribution in [2.24, 2.45) is 0 Å². The summed E-state index contributed by atoms with van der Waals surface area (Å²) in [6.07, 6.45) is 1.01. The molecule has 1 aliphatic rings. The van der Waals surface area contributed by atoms with Crippen LogP contribution in [0.1, 0.15) is 37.3 Å². The van der Waals surface area contributed by atoms with E-state index in [9.17, 15) is 0 Å². The molecule has 122 valence electrons. The maximum absolute atomic E-state index is 5.64. The third kappa shape index (κ3) is 3.21. The Balaban J connectivity index is 1.86. The zero-order valence-electron chi connectivity index (χ0n) is 13.8. The van der Waals surface area contributed by atoms with Gasteiger partial charge in [-0.3, -0.25) is 0 Å². The summed E-state index contributed by atoms with van der Waals surface area (Å²) in [4.78, 5) is 0. The van der Waals surface area contributed by atoms with Gasteiger partial charge in [-0.05, 0) is 30.2 Å². The minimum Gasteiger partial charge on any atom is -0.496 e. The Morgan fingerprint density at radius 2 is 1.78 bits per heavy atom. The van der Waals surface area contributed by atoms with E-state index in [0.29, 0.717) is 0 Å². The minimum absolute atomic E-state index is 0.180. The fraction of sp³-hybridized carbons (Fsp3) is 0.368. The molecule has 1 heterocycles. The molecular weight excluding hydrogens is 292 g/mol. The lowest BCUT2D eigenvalue weighted by atomic mass is 9.92. The summed E-state index contributed by atoms with van der Waals surface area (Å²) in [5.74, 6) is 3.41. The van der Waals surface area contributed by atoms with Crippen LogP contribution < -0.4 is 18.9 Å². The second kappa shape index (κ2) is 6.82. The molecule has 0 radical (unpaired) electrons. The predicted molar refractivity (Wildman–Crippen MR) is 88.9 cm³/mol. The maximum atomic E-state index is 5.64. The molecule has 0 bridgehead atoms. The fourth-order valence-electron chi connectivity index (χ4n) is 2.71. The first kappa shape index (κ1) is 15.5. The van der Waals surface area contributed by atoms with E-state index in [1.807, 2.05) is 24.3 Å². The van der Waals surface area contributed by atoms with Gasteiger partial charge in [-0.15, -0.1) is 0 Å². The molecule has 0 amide bonds. The lowest BCUT2D eigenvalue weighted by molar-refractivity contribution is 0.174. The van der Waals surface area contributed by atoms with E-state index in [1.54, 1.807) is 7.11 Å². The van der Waals surface area contributed by atoms with Crippen molar-refractivity contribution in [2.45, 2.75) is 26.2 Å². The molecule has 23 heavy (non-hydrogen) atoms. The lowest BCUT2D eigenvalue weighted by Gasteiger charge is -2.17. The number of hydrogen-bond donors (Lipinski definition) is 0. The van der Waals surface area contributed by atoms with Crippen LogP contribution in [0, 0.1) is 0 Å². The highest BCUT2D eigenvalue weighted by molar-refractivity contribution is 5.54. The normalized spacial score (nSPS) is 13.7. The van der Waals surface area contributed by atoms with Crippen molar-refractivity contribution in [1.82, 2.24) is 0 Å². The van der Waals surface area contributed by atoms with Crippen LogP contribution in [0.5, 0.6) is 23.0 Å². The molecule has 4 heteroatoms. The molecule has 3 rings (SSSR count). The third-order valence-electron chi connectivity index (χ3n) is 4.04. The molecule has 2 aromatic carbocycles. The Morgan fingerprint density at radius 1 is 1.09 bits per heavy atom. The first-order valence-corrected chi connectivity index (χ1v) is 7.93. The van der Waals surface area contributed by atoms with E-state index in [0.717, 1.165) is 41.6 Å². The molecule has 4 nitrogen and oxygen atoms in total. The predicted octanol–water partition coefficient (Wildman–Crippen LogP) is 4.36. The fourth-order valence-corrected chi connectivity index (χ4v) is 2.71. The van der Waals surface area contributed by atoms with E-state index < -0.39 is 0 Å². The van der Waals surface area contributed by atoms with E-state index in [2.05, 4.69) is 26.0 Å². The van der Waals surface area contributed by atoms with E-state index >= 15 is 0 Å². The number of ether oxygens (including phenoxy) is 4. The van der Waals surface area contributed by atoms with Gasteiger partial charge < -0.3 is 18.9 Å². The molecule has 0 unspecified atom stereocenters. The highest BCUT2D eigenvalue weighted by Gasteiger charge is 2.21. The highest BCUT2D eigenvalue weighted by Crippen LogP contribution is 2.42. The SMILES string of the molecule is CCCOc1ccc([C@@H](C)c2cc3c(cc2OC)OCO3)cc1. The quantitative estimate of drug-likeness (QED) is 0.793. The standard InChI is InChI=1S/C19H22O4/c1-4-9-21-15-7-5-14(6-8-15)13(2)16-10-18-19(23-12-22-18)11-17(16)20-3/h5-8,10-11,13H,4,9,12H2,1-3H3/t13-/m1/s1. The molecular formula is C19H22O4. The van der Waals surface area contributed by atoms with Crippen molar-refractivity contribution >= 4 is 0 Å². The summed E-state index contributed by atoms with van der Waals surface area (Å²) in [6.45, 7) is 5.26. The molecule has 1 atom stereocenters. The third-order valence-corrected chi connectivity index (χ3v) is 4.04. The van der Waals surface area contributed by atoms with Crippen molar-refractivity contribution < 1.29 is 18.9 Å². The van der Waals surface area contributed by atoms with Crippen molar-refractivity contribution in [2.75, 3.05) is 20.5 Å². The maximum Gasteiger partial charge on any atom is 0.231 e. The molecule has 0 N–H and O–H groups in total. The van der Waals surface area contributed by atoms with Crippen molar-refractivity contribution in [3.63, 3.8) is 0 Å². The second-order valence-corrected chi connectivity index (χ2v) is 5.59. The van der Waals surface area contributed by atoms with Gasteiger partial charge in [0, 0.05) is 17.5 Å². The van der Waals surface area contributed by atoms with Crippen molar-refractivity contribution in [1.29, 1.82) is 0 Å². The van der Waals surface area contributed by atoms with Crippen LogP contribution in [0.2, 0.25) is 0 Å². The highest BCUT2D eigenvalue weighted by atomic mass is 16.7. The summed E-state index contributed by atoms with van der Waals surface area (Å²) in [5.41, 5.74) is 2.28. The van der Waals surface area contributed by atoms with Gasteiger partial charge in [-0.1, -0.05) is 26.0 Å². The Hall–Kier alpha value is -2.36. The van der Waals surface area contributed by atoms with Gasteiger partial charge in [0.2, 0.25) is 6.79 Å². The molecule has 1 aliphatic heterocycles. The second-order valence-electron chi connectivity index (χ2n) is 5.59. The van der Waals surface area contributed by atoms with Gasteiger partial charge in [-0.25, -0.2) is 0 Å². The molecule has 0 saturated heterocycles. The van der Waals surface area contributed by atoms with Crippen molar-refractivity contribution in [3.05, 3.63) is 47.5 Å². The summed E-state index contributed by atoms with van der Waals surface area (Å²) < 4.78 is 22.1.